The molecule has 1 aromatic heterocycles. The summed E-state index contributed by atoms with van der Waals surface area (Å²) >= 11 is 0. The summed E-state index contributed by atoms with van der Waals surface area (Å²) in [7, 11) is 0. The number of nitro benzene ring substituents is 1. The predicted molar refractivity (Wildman–Crippen MR) is 77.6 cm³/mol. The number of nitro groups is 1. The molecule has 1 aromatic carbocycles. The van der Waals surface area contributed by atoms with Gasteiger partial charge in [-0.25, -0.2) is 5.43 Å². The molecule has 0 unspecified atom stereocenters. The molecule has 2 aromatic rings. The summed E-state index contributed by atoms with van der Waals surface area (Å²) in [6, 6.07) is 7.51. The lowest BCUT2D eigenvalue weighted by atomic mass is 10.3. The third-order valence-electron chi connectivity index (χ3n) is 2.67. The highest BCUT2D eigenvalue weighted by atomic mass is 16.6. The van der Waals surface area contributed by atoms with Crippen molar-refractivity contribution in [3.05, 3.63) is 58.5 Å². The third-order valence-corrected chi connectivity index (χ3v) is 2.67. The Balaban J connectivity index is 1.95. The molecular formula is C14H13N3O5. The van der Waals surface area contributed by atoms with Crippen LogP contribution in [0.15, 0.2) is 52.4 Å². The van der Waals surface area contributed by atoms with Gasteiger partial charge in [0.05, 0.1) is 23.7 Å². The smallest absolute Gasteiger partial charge is 0.310 e. The van der Waals surface area contributed by atoms with Crippen molar-refractivity contribution in [2.24, 2.45) is 5.10 Å². The van der Waals surface area contributed by atoms with Gasteiger partial charge in [0.25, 0.3) is 5.91 Å². The largest absolute Gasteiger partial charge is 0.474 e. The average Bonchev–Trinajstić information content (AvgIpc) is 3.00. The minimum atomic E-state index is -0.942. The van der Waals surface area contributed by atoms with Gasteiger partial charge in [-0.15, -0.1) is 0 Å². The summed E-state index contributed by atoms with van der Waals surface area (Å²) in [5, 5.41) is 14.6. The fraction of sp³-hybridized carbons (Fsp3) is 0.143. The highest BCUT2D eigenvalue weighted by Crippen LogP contribution is 2.26. The molecule has 0 fully saturated rings. The summed E-state index contributed by atoms with van der Waals surface area (Å²) in [5.74, 6) is -0.508. The van der Waals surface area contributed by atoms with Crippen LogP contribution in [-0.4, -0.2) is 23.1 Å². The first-order chi connectivity index (χ1) is 10.6. The number of hydrogen-bond acceptors (Lipinski definition) is 6. The number of hydrogen-bond donors (Lipinski definition) is 1. The fourth-order valence-electron chi connectivity index (χ4n) is 1.56. The van der Waals surface area contributed by atoms with Crippen molar-refractivity contribution in [1.82, 2.24) is 5.43 Å². The van der Waals surface area contributed by atoms with Crippen LogP contribution in [0.4, 0.5) is 5.69 Å². The lowest BCUT2D eigenvalue weighted by Gasteiger charge is -2.12. The summed E-state index contributed by atoms with van der Waals surface area (Å²) in [6.45, 7) is 1.47. The summed E-state index contributed by atoms with van der Waals surface area (Å²) in [4.78, 5) is 22.1. The van der Waals surface area contributed by atoms with E-state index in [1.807, 2.05) is 0 Å². The molecule has 22 heavy (non-hydrogen) atoms. The molecule has 8 nitrogen and oxygen atoms in total. The molecule has 2 rings (SSSR count). The number of benzene rings is 1. The van der Waals surface area contributed by atoms with Gasteiger partial charge in [-0.1, -0.05) is 12.1 Å². The molecule has 0 saturated carbocycles. The maximum atomic E-state index is 11.8. The van der Waals surface area contributed by atoms with E-state index < -0.39 is 16.9 Å². The van der Waals surface area contributed by atoms with E-state index in [1.165, 1.54) is 43.9 Å². The topological polar surface area (TPSA) is 107 Å². The second-order valence-corrected chi connectivity index (χ2v) is 4.28. The minimum Gasteiger partial charge on any atom is -0.474 e. The number of furan rings is 1. The molecule has 1 amide bonds. The first-order valence-corrected chi connectivity index (χ1v) is 6.33. The zero-order chi connectivity index (χ0) is 15.9. The zero-order valence-corrected chi connectivity index (χ0v) is 11.6. The molecule has 0 radical (unpaired) electrons. The van der Waals surface area contributed by atoms with Crippen LogP contribution in [0, 0.1) is 10.1 Å². The zero-order valence-electron chi connectivity index (χ0n) is 11.6. The van der Waals surface area contributed by atoms with Gasteiger partial charge < -0.3 is 9.15 Å². The maximum absolute atomic E-state index is 11.8. The molecule has 0 aliphatic heterocycles. The van der Waals surface area contributed by atoms with Crippen LogP contribution >= 0.6 is 0 Å². The Hall–Kier alpha value is -3.16. The first-order valence-electron chi connectivity index (χ1n) is 6.33. The molecule has 1 N–H and O–H groups in total. The summed E-state index contributed by atoms with van der Waals surface area (Å²) < 4.78 is 10.2. The SMILES string of the molecule is C[C@@H](Oc1ccccc1[N+](=O)[O-])C(=O)N/N=C\c1ccoc1. The molecule has 0 aliphatic carbocycles. The van der Waals surface area contributed by atoms with Gasteiger partial charge in [-0.3, -0.25) is 14.9 Å². The summed E-state index contributed by atoms with van der Waals surface area (Å²) in [5.41, 5.74) is 2.77. The molecule has 0 saturated heterocycles. The van der Waals surface area contributed by atoms with E-state index in [-0.39, 0.29) is 11.4 Å². The van der Waals surface area contributed by atoms with Gasteiger partial charge in [0.15, 0.2) is 11.9 Å². The average molecular weight is 303 g/mol. The van der Waals surface area contributed by atoms with Crippen molar-refractivity contribution in [2.45, 2.75) is 13.0 Å². The highest BCUT2D eigenvalue weighted by molar-refractivity contribution is 5.84. The third kappa shape index (κ3) is 3.92. The van der Waals surface area contributed by atoms with Gasteiger partial charge in [0.2, 0.25) is 0 Å². The quantitative estimate of drug-likeness (QED) is 0.499. The molecule has 1 heterocycles. The lowest BCUT2D eigenvalue weighted by Crippen LogP contribution is -2.33. The van der Waals surface area contributed by atoms with E-state index >= 15 is 0 Å². The Morgan fingerprint density at radius 2 is 2.23 bits per heavy atom. The van der Waals surface area contributed by atoms with E-state index in [0.717, 1.165) is 0 Å². The number of carbonyl (C=O) groups excluding carboxylic acids is 1. The molecule has 8 heteroatoms. The van der Waals surface area contributed by atoms with Gasteiger partial charge in [-0.05, 0) is 19.1 Å². The van der Waals surface area contributed by atoms with Gasteiger partial charge in [0, 0.05) is 11.6 Å². The Labute approximate surface area is 125 Å². The molecule has 1 atom stereocenters. The van der Waals surface area contributed by atoms with Crippen molar-refractivity contribution in [2.75, 3.05) is 0 Å². The number of para-hydroxylation sites is 2. The standard InChI is InChI=1S/C14H13N3O5/c1-10(14(18)16-15-8-11-6-7-21-9-11)22-13-5-3-2-4-12(13)17(19)20/h2-10H,1H3,(H,16,18)/b15-8-/t10-/m1/s1. The molecular weight excluding hydrogens is 290 g/mol. The van der Waals surface area contributed by atoms with Crippen molar-refractivity contribution < 1.29 is 18.9 Å². The van der Waals surface area contributed by atoms with Crippen LogP contribution in [0.3, 0.4) is 0 Å². The van der Waals surface area contributed by atoms with E-state index in [2.05, 4.69) is 10.5 Å². The summed E-state index contributed by atoms with van der Waals surface area (Å²) in [6.07, 6.45) is 3.40. The second-order valence-electron chi connectivity index (χ2n) is 4.28. The van der Waals surface area contributed by atoms with Crippen LogP contribution in [0.1, 0.15) is 12.5 Å². The lowest BCUT2D eigenvalue weighted by molar-refractivity contribution is -0.386. The predicted octanol–water partition coefficient (Wildman–Crippen LogP) is 2.11. The normalized spacial score (nSPS) is 12.0. The van der Waals surface area contributed by atoms with E-state index in [0.29, 0.717) is 5.56 Å². The monoisotopic (exact) mass is 303 g/mol. The van der Waals surface area contributed by atoms with Crippen molar-refractivity contribution in [1.29, 1.82) is 0 Å². The Morgan fingerprint density at radius 1 is 1.45 bits per heavy atom. The number of nitrogens with zero attached hydrogens (tertiary/aromatic N) is 2. The fourth-order valence-corrected chi connectivity index (χ4v) is 1.56. The van der Waals surface area contributed by atoms with Gasteiger partial charge >= 0.3 is 5.69 Å². The maximum Gasteiger partial charge on any atom is 0.310 e. The Morgan fingerprint density at radius 3 is 2.91 bits per heavy atom. The Bertz CT molecular complexity index is 682. The number of rotatable bonds is 6. The number of amides is 1. The van der Waals surface area contributed by atoms with Crippen molar-refractivity contribution in [3.8, 4) is 5.75 Å². The molecule has 114 valence electrons. The van der Waals surface area contributed by atoms with Crippen LogP contribution in [-0.2, 0) is 4.79 Å². The minimum absolute atomic E-state index is 0.0222. The molecule has 0 spiro atoms. The van der Waals surface area contributed by atoms with Crippen LogP contribution in [0.5, 0.6) is 5.75 Å². The number of ether oxygens (including phenoxy) is 1. The van der Waals surface area contributed by atoms with Gasteiger partial charge in [0.1, 0.15) is 0 Å². The highest BCUT2D eigenvalue weighted by Gasteiger charge is 2.20. The van der Waals surface area contributed by atoms with E-state index in [4.69, 9.17) is 9.15 Å². The molecule has 0 bridgehead atoms. The van der Waals surface area contributed by atoms with Crippen molar-refractivity contribution >= 4 is 17.8 Å². The number of hydrazone groups is 1. The van der Waals surface area contributed by atoms with E-state index in [1.54, 1.807) is 12.1 Å². The van der Waals surface area contributed by atoms with Crippen LogP contribution < -0.4 is 10.2 Å². The van der Waals surface area contributed by atoms with E-state index in [9.17, 15) is 14.9 Å². The second kappa shape index (κ2) is 7.02. The van der Waals surface area contributed by atoms with Crippen LogP contribution in [0.25, 0.3) is 0 Å². The van der Waals surface area contributed by atoms with Crippen LogP contribution in [0.2, 0.25) is 0 Å². The number of carbonyl (C=O) groups is 1. The first kappa shape index (κ1) is 15.2. The number of nitrogens with one attached hydrogen (secondary N) is 1. The molecule has 0 aliphatic rings. The van der Waals surface area contributed by atoms with Gasteiger partial charge in [-0.2, -0.15) is 5.10 Å². The van der Waals surface area contributed by atoms with Crippen molar-refractivity contribution in [3.63, 3.8) is 0 Å². The Kier molecular flexibility index (Phi) is 4.86.